The lowest BCUT2D eigenvalue weighted by molar-refractivity contribution is -0.189. The van der Waals surface area contributed by atoms with E-state index in [2.05, 4.69) is 0 Å². The Kier molecular flexibility index (Phi) is 7.45. The third-order valence-corrected chi connectivity index (χ3v) is 1.37. The summed E-state index contributed by atoms with van der Waals surface area (Å²) in [5, 5.41) is 9.22. The van der Waals surface area contributed by atoms with Crippen molar-refractivity contribution in [2.24, 2.45) is 0 Å². The quantitative estimate of drug-likeness (QED) is 0.598. The lowest BCUT2D eigenvalue weighted by atomic mass is 10.4. The molecule has 1 N–H and O–H groups in total. The zero-order chi connectivity index (χ0) is 9.40. The molecular formula is C9H20O3. The molecule has 0 aliphatic heterocycles. The molecule has 0 radical (unpaired) electrons. The van der Waals surface area contributed by atoms with Gasteiger partial charge in [0.05, 0.1) is 0 Å². The summed E-state index contributed by atoms with van der Waals surface area (Å²) in [5.74, 6) is 0. The van der Waals surface area contributed by atoms with Crippen LogP contribution in [0.15, 0.2) is 0 Å². The first-order chi connectivity index (χ1) is 5.72. The molecule has 0 aromatic rings. The number of aliphatic hydroxyl groups is 1. The largest absolute Gasteiger partial charge is 0.388 e. The first-order valence-corrected chi connectivity index (χ1v) is 4.63. The second-order valence-corrected chi connectivity index (χ2v) is 2.85. The van der Waals surface area contributed by atoms with E-state index >= 15 is 0 Å². The van der Waals surface area contributed by atoms with Crippen LogP contribution in [0.3, 0.4) is 0 Å². The van der Waals surface area contributed by atoms with Crippen molar-refractivity contribution >= 4 is 0 Å². The minimum Gasteiger partial charge on any atom is -0.388 e. The fraction of sp³-hybridized carbons (Fsp3) is 1.00. The highest BCUT2D eigenvalue weighted by Gasteiger charge is 2.14. The summed E-state index contributed by atoms with van der Waals surface area (Å²) >= 11 is 0. The maximum Gasteiger partial charge on any atom is 0.183 e. The number of hydrogen-bond donors (Lipinski definition) is 1. The summed E-state index contributed by atoms with van der Waals surface area (Å²) in [6.45, 7) is 7.01. The van der Waals surface area contributed by atoms with E-state index < -0.39 is 12.4 Å². The summed E-state index contributed by atoms with van der Waals surface area (Å²) in [6, 6.07) is 0. The van der Waals surface area contributed by atoms with Crippen LogP contribution in [0.4, 0.5) is 0 Å². The normalized spacial score (nSPS) is 13.8. The Morgan fingerprint density at radius 3 is 1.75 bits per heavy atom. The van der Waals surface area contributed by atoms with Gasteiger partial charge in [-0.05, 0) is 19.8 Å². The van der Waals surface area contributed by atoms with E-state index in [0.29, 0.717) is 13.2 Å². The van der Waals surface area contributed by atoms with Gasteiger partial charge < -0.3 is 14.6 Å². The fourth-order valence-electron chi connectivity index (χ4n) is 0.795. The molecule has 0 amide bonds. The first kappa shape index (κ1) is 11.9. The monoisotopic (exact) mass is 176 g/mol. The van der Waals surface area contributed by atoms with Crippen LogP contribution in [0, 0.1) is 0 Å². The van der Waals surface area contributed by atoms with Gasteiger partial charge in [-0.3, -0.25) is 0 Å². The van der Waals surface area contributed by atoms with Crippen LogP contribution in [0.2, 0.25) is 0 Å². The molecule has 0 saturated carbocycles. The molecule has 0 aromatic heterocycles. The topological polar surface area (TPSA) is 38.7 Å². The van der Waals surface area contributed by atoms with Gasteiger partial charge in [-0.15, -0.1) is 0 Å². The summed E-state index contributed by atoms with van der Waals surface area (Å²) in [7, 11) is 0. The van der Waals surface area contributed by atoms with Gasteiger partial charge in [0, 0.05) is 13.2 Å². The van der Waals surface area contributed by atoms with Crippen molar-refractivity contribution in [3.8, 4) is 0 Å². The molecule has 0 spiro atoms. The van der Waals surface area contributed by atoms with E-state index in [9.17, 15) is 5.11 Å². The van der Waals surface area contributed by atoms with Gasteiger partial charge in [0.2, 0.25) is 0 Å². The van der Waals surface area contributed by atoms with E-state index in [4.69, 9.17) is 9.47 Å². The van der Waals surface area contributed by atoms with Crippen molar-refractivity contribution in [1.29, 1.82) is 0 Å². The summed E-state index contributed by atoms with van der Waals surface area (Å²) in [5.41, 5.74) is 0. The average molecular weight is 176 g/mol. The maximum absolute atomic E-state index is 9.22. The predicted octanol–water partition coefficient (Wildman–Crippen LogP) is 1.55. The number of rotatable bonds is 7. The summed E-state index contributed by atoms with van der Waals surface area (Å²) in [4.78, 5) is 0. The van der Waals surface area contributed by atoms with E-state index in [1.54, 1.807) is 6.92 Å². The van der Waals surface area contributed by atoms with Gasteiger partial charge >= 0.3 is 0 Å². The first-order valence-electron chi connectivity index (χ1n) is 4.63. The van der Waals surface area contributed by atoms with E-state index in [1.165, 1.54) is 0 Å². The van der Waals surface area contributed by atoms with Crippen molar-refractivity contribution < 1.29 is 14.6 Å². The molecule has 0 aromatic carbocycles. The third-order valence-electron chi connectivity index (χ3n) is 1.37. The van der Waals surface area contributed by atoms with Gasteiger partial charge in [-0.25, -0.2) is 0 Å². The molecule has 0 fully saturated rings. The average Bonchev–Trinajstić information content (AvgIpc) is 2.04. The highest BCUT2D eigenvalue weighted by atomic mass is 16.7. The number of hydrogen-bond acceptors (Lipinski definition) is 3. The molecule has 74 valence electrons. The van der Waals surface area contributed by atoms with Crippen LogP contribution in [-0.4, -0.2) is 30.7 Å². The third kappa shape index (κ3) is 5.52. The molecule has 0 heterocycles. The Morgan fingerprint density at radius 1 is 1.08 bits per heavy atom. The highest BCUT2D eigenvalue weighted by Crippen LogP contribution is 2.02. The van der Waals surface area contributed by atoms with Crippen molar-refractivity contribution in [3.63, 3.8) is 0 Å². The SMILES string of the molecule is CCCOC(OCCC)C(C)O. The zero-order valence-electron chi connectivity index (χ0n) is 8.25. The molecule has 1 atom stereocenters. The van der Waals surface area contributed by atoms with Gasteiger partial charge in [0.25, 0.3) is 0 Å². The summed E-state index contributed by atoms with van der Waals surface area (Å²) < 4.78 is 10.6. The molecule has 0 saturated heterocycles. The molecule has 1 unspecified atom stereocenters. The zero-order valence-corrected chi connectivity index (χ0v) is 8.25. The molecular weight excluding hydrogens is 156 g/mol. The highest BCUT2D eigenvalue weighted by molar-refractivity contribution is 4.52. The smallest absolute Gasteiger partial charge is 0.183 e. The summed E-state index contributed by atoms with van der Waals surface area (Å²) in [6.07, 6.45) is 0.880. The van der Waals surface area contributed by atoms with Gasteiger partial charge in [-0.2, -0.15) is 0 Å². The Hall–Kier alpha value is -0.120. The molecule has 12 heavy (non-hydrogen) atoms. The van der Waals surface area contributed by atoms with E-state index in [1.807, 2.05) is 13.8 Å². The predicted molar refractivity (Wildman–Crippen MR) is 48.0 cm³/mol. The van der Waals surface area contributed by atoms with Crippen LogP contribution in [0.1, 0.15) is 33.6 Å². The minimum absolute atomic E-state index is 0.454. The van der Waals surface area contributed by atoms with E-state index in [-0.39, 0.29) is 0 Å². The fourth-order valence-corrected chi connectivity index (χ4v) is 0.795. The van der Waals surface area contributed by atoms with Gasteiger partial charge in [-0.1, -0.05) is 13.8 Å². The van der Waals surface area contributed by atoms with Crippen LogP contribution < -0.4 is 0 Å². The number of aliphatic hydroxyl groups excluding tert-OH is 1. The minimum atomic E-state index is -0.553. The van der Waals surface area contributed by atoms with Crippen LogP contribution >= 0.6 is 0 Å². The Morgan fingerprint density at radius 2 is 1.50 bits per heavy atom. The lowest BCUT2D eigenvalue weighted by Crippen LogP contribution is -2.30. The Bertz CT molecular complexity index is 85.8. The standard InChI is InChI=1S/C9H20O3/c1-4-6-11-9(8(3)10)12-7-5-2/h8-10H,4-7H2,1-3H3. The van der Waals surface area contributed by atoms with Crippen molar-refractivity contribution in [2.45, 2.75) is 46.0 Å². The Labute approximate surface area is 74.7 Å². The lowest BCUT2D eigenvalue weighted by Gasteiger charge is -2.20. The molecule has 0 aliphatic carbocycles. The van der Waals surface area contributed by atoms with Crippen LogP contribution in [0.5, 0.6) is 0 Å². The van der Waals surface area contributed by atoms with Gasteiger partial charge in [0.1, 0.15) is 6.10 Å². The Balaban J connectivity index is 3.55. The molecule has 3 heteroatoms. The van der Waals surface area contributed by atoms with Crippen LogP contribution in [0.25, 0.3) is 0 Å². The van der Waals surface area contributed by atoms with Crippen molar-refractivity contribution in [2.75, 3.05) is 13.2 Å². The molecule has 0 aliphatic rings. The molecule has 3 nitrogen and oxygen atoms in total. The van der Waals surface area contributed by atoms with Crippen molar-refractivity contribution in [3.05, 3.63) is 0 Å². The van der Waals surface area contributed by atoms with E-state index in [0.717, 1.165) is 12.8 Å². The second kappa shape index (κ2) is 7.53. The second-order valence-electron chi connectivity index (χ2n) is 2.85. The maximum atomic E-state index is 9.22. The molecule has 0 rings (SSSR count). The van der Waals surface area contributed by atoms with Gasteiger partial charge in [0.15, 0.2) is 6.29 Å². The van der Waals surface area contributed by atoms with Crippen LogP contribution in [-0.2, 0) is 9.47 Å². The molecule has 0 bridgehead atoms. The number of ether oxygens (including phenoxy) is 2. The van der Waals surface area contributed by atoms with Crippen molar-refractivity contribution in [1.82, 2.24) is 0 Å².